The molecule has 2 aromatic carbocycles. The molecule has 2 aromatic heterocycles. The number of aromatic nitrogens is 3. The quantitative estimate of drug-likeness (QED) is 0.235. The van der Waals surface area contributed by atoms with Crippen molar-refractivity contribution in [1.29, 1.82) is 0 Å². The number of aliphatic imine (C=N–C) groups is 1. The van der Waals surface area contributed by atoms with Crippen LogP contribution in [-0.2, 0) is 16.1 Å². The smallest absolute Gasteiger partial charge is 0.226 e. The number of carbonyl (C=O) groups excluding carboxylic acids is 1. The summed E-state index contributed by atoms with van der Waals surface area (Å²) in [5, 5.41) is 12.8. The predicted molar refractivity (Wildman–Crippen MR) is 197 cm³/mol. The number of thiazole rings is 1. The van der Waals surface area contributed by atoms with E-state index in [1.807, 2.05) is 35.5 Å². The molecule has 4 atom stereocenters. The predicted octanol–water partition coefficient (Wildman–Crippen LogP) is 5.73. The van der Waals surface area contributed by atoms with Crippen LogP contribution in [0.2, 0.25) is 0 Å². The van der Waals surface area contributed by atoms with Gasteiger partial charge in [-0.15, -0.1) is 11.3 Å². The van der Waals surface area contributed by atoms with E-state index in [9.17, 15) is 9.90 Å². The number of benzene rings is 2. The van der Waals surface area contributed by atoms with Crippen LogP contribution in [0.4, 0.5) is 0 Å². The van der Waals surface area contributed by atoms with E-state index in [4.69, 9.17) is 14.5 Å². The molecule has 2 saturated heterocycles. The summed E-state index contributed by atoms with van der Waals surface area (Å²) in [5.74, 6) is 1.10. The lowest BCUT2D eigenvalue weighted by molar-refractivity contribution is -0.142. The average Bonchev–Trinajstić information content (AvgIpc) is 3.82. The largest absolute Gasteiger partial charge is 0.497 e. The molecule has 6 heterocycles. The van der Waals surface area contributed by atoms with Gasteiger partial charge in [-0.2, -0.15) is 0 Å². The first-order valence-corrected chi connectivity index (χ1v) is 18.8. The van der Waals surface area contributed by atoms with Crippen molar-refractivity contribution < 1.29 is 19.4 Å². The SMILES string of the molecule is COc1cccc(C2COCC3=C2N=CC3CC2(O)CCN(C(=O)[C@@H]3CCN(Cc4cnc(-c5cncnc5)s4)C[C@H]3c3ccccc3)CC2)c1. The van der Waals surface area contributed by atoms with Gasteiger partial charge >= 0.3 is 0 Å². The van der Waals surface area contributed by atoms with Crippen LogP contribution < -0.4 is 4.74 Å². The normalized spacial score (nSPS) is 24.8. The van der Waals surface area contributed by atoms with Gasteiger partial charge in [-0.05, 0) is 61.1 Å². The minimum absolute atomic E-state index is 0.0306. The summed E-state index contributed by atoms with van der Waals surface area (Å²) in [6, 6.07) is 18.6. The lowest BCUT2D eigenvalue weighted by Gasteiger charge is -2.44. The van der Waals surface area contributed by atoms with Crippen LogP contribution in [0.15, 0.2) is 95.8 Å². The summed E-state index contributed by atoms with van der Waals surface area (Å²) >= 11 is 1.67. The van der Waals surface area contributed by atoms with Gasteiger partial charge in [0, 0.05) is 85.1 Å². The number of methoxy groups -OCH3 is 1. The average molecular weight is 705 g/mol. The highest BCUT2D eigenvalue weighted by molar-refractivity contribution is 7.15. The van der Waals surface area contributed by atoms with E-state index in [0.29, 0.717) is 45.6 Å². The molecule has 2 fully saturated rings. The molecular formula is C40H44N6O4S. The molecule has 0 radical (unpaired) electrons. The summed E-state index contributed by atoms with van der Waals surface area (Å²) in [6.45, 7) is 4.67. The maximum atomic E-state index is 14.3. The minimum atomic E-state index is -0.861. The third kappa shape index (κ3) is 7.26. The van der Waals surface area contributed by atoms with Crippen LogP contribution in [0.25, 0.3) is 10.6 Å². The summed E-state index contributed by atoms with van der Waals surface area (Å²) in [6.07, 6.45) is 11.6. The molecule has 0 spiro atoms. The highest BCUT2D eigenvalue weighted by Gasteiger charge is 2.43. The second kappa shape index (κ2) is 14.7. The van der Waals surface area contributed by atoms with Crippen LogP contribution in [0.5, 0.6) is 5.75 Å². The minimum Gasteiger partial charge on any atom is -0.497 e. The maximum absolute atomic E-state index is 14.3. The molecular weight excluding hydrogens is 661 g/mol. The van der Waals surface area contributed by atoms with Gasteiger partial charge in [-0.25, -0.2) is 15.0 Å². The first-order chi connectivity index (χ1) is 25.0. The van der Waals surface area contributed by atoms with Gasteiger partial charge in [-0.3, -0.25) is 14.7 Å². The zero-order valence-electron chi connectivity index (χ0n) is 28.9. The zero-order chi connectivity index (χ0) is 34.8. The number of hydrogen-bond acceptors (Lipinski definition) is 10. The van der Waals surface area contributed by atoms with Gasteiger partial charge in [-0.1, -0.05) is 42.5 Å². The summed E-state index contributed by atoms with van der Waals surface area (Å²) in [4.78, 5) is 37.7. The Morgan fingerprint density at radius 3 is 2.65 bits per heavy atom. The Balaban J connectivity index is 0.908. The molecule has 0 aliphatic carbocycles. The van der Waals surface area contributed by atoms with Crippen LogP contribution in [0, 0.1) is 11.8 Å². The fourth-order valence-electron chi connectivity index (χ4n) is 8.31. The Hall–Kier alpha value is -4.29. The van der Waals surface area contributed by atoms with Crippen LogP contribution in [0.1, 0.15) is 53.5 Å². The van der Waals surface area contributed by atoms with Crippen LogP contribution >= 0.6 is 11.3 Å². The highest BCUT2D eigenvalue weighted by atomic mass is 32.1. The van der Waals surface area contributed by atoms with E-state index in [2.05, 4.69) is 56.3 Å². The number of aliphatic hydroxyl groups is 1. The number of carbonyl (C=O) groups is 1. The Labute approximate surface area is 302 Å². The molecule has 0 saturated carbocycles. The molecule has 4 aliphatic heterocycles. The molecule has 1 N–H and O–H groups in total. The van der Waals surface area contributed by atoms with Gasteiger partial charge in [0.15, 0.2) is 0 Å². The van der Waals surface area contributed by atoms with Crippen molar-refractivity contribution in [3.63, 3.8) is 0 Å². The summed E-state index contributed by atoms with van der Waals surface area (Å²) in [7, 11) is 1.68. The molecule has 2 unspecified atom stereocenters. The third-order valence-corrected chi connectivity index (χ3v) is 12.2. The second-order valence-electron chi connectivity index (χ2n) is 14.3. The van der Waals surface area contributed by atoms with Gasteiger partial charge in [0.05, 0.1) is 31.6 Å². The molecule has 10 nitrogen and oxygen atoms in total. The Kier molecular flexibility index (Phi) is 9.78. The fraction of sp³-hybridized carbons (Fsp3) is 0.425. The first-order valence-electron chi connectivity index (χ1n) is 17.9. The fourth-order valence-corrected chi connectivity index (χ4v) is 9.24. The van der Waals surface area contributed by atoms with Gasteiger partial charge < -0.3 is 19.5 Å². The van der Waals surface area contributed by atoms with E-state index in [1.54, 1.807) is 30.8 Å². The van der Waals surface area contributed by atoms with E-state index in [-0.39, 0.29) is 29.6 Å². The molecule has 264 valence electrons. The molecule has 51 heavy (non-hydrogen) atoms. The Bertz CT molecular complexity index is 1890. The summed E-state index contributed by atoms with van der Waals surface area (Å²) in [5.41, 5.74) is 4.62. The molecule has 8 rings (SSSR count). The van der Waals surface area contributed by atoms with Crippen LogP contribution in [0.3, 0.4) is 0 Å². The zero-order valence-corrected chi connectivity index (χ0v) is 29.8. The number of amides is 1. The molecule has 11 heteroatoms. The third-order valence-electron chi connectivity index (χ3n) is 11.1. The Morgan fingerprint density at radius 1 is 1.04 bits per heavy atom. The molecule has 4 aromatic rings. The summed E-state index contributed by atoms with van der Waals surface area (Å²) < 4.78 is 11.5. The van der Waals surface area contributed by atoms with E-state index >= 15 is 0 Å². The number of hydrogen-bond donors (Lipinski definition) is 1. The topological polar surface area (TPSA) is 113 Å². The highest BCUT2D eigenvalue weighted by Crippen LogP contribution is 2.43. The van der Waals surface area contributed by atoms with E-state index in [0.717, 1.165) is 53.6 Å². The van der Waals surface area contributed by atoms with Crippen molar-refractivity contribution in [1.82, 2.24) is 24.8 Å². The monoisotopic (exact) mass is 704 g/mol. The van der Waals surface area contributed by atoms with Crippen molar-refractivity contribution in [2.75, 3.05) is 46.5 Å². The lowest BCUT2D eigenvalue weighted by atomic mass is 9.77. The van der Waals surface area contributed by atoms with Crippen molar-refractivity contribution >= 4 is 23.5 Å². The lowest BCUT2D eigenvalue weighted by Crippen LogP contribution is -2.52. The van der Waals surface area contributed by atoms with Gasteiger partial charge in [0.1, 0.15) is 17.1 Å². The molecule has 4 aliphatic rings. The molecule has 0 bridgehead atoms. The van der Waals surface area contributed by atoms with Gasteiger partial charge in [0.25, 0.3) is 0 Å². The van der Waals surface area contributed by atoms with Crippen molar-refractivity contribution in [3.05, 3.63) is 107 Å². The van der Waals surface area contributed by atoms with Crippen molar-refractivity contribution in [2.24, 2.45) is 16.8 Å². The number of likely N-dealkylation sites (tertiary alicyclic amines) is 2. The van der Waals surface area contributed by atoms with Crippen molar-refractivity contribution in [2.45, 2.75) is 49.7 Å². The Morgan fingerprint density at radius 2 is 1.84 bits per heavy atom. The number of rotatable bonds is 9. The number of ether oxygens (including phenoxy) is 2. The molecule has 1 amide bonds. The maximum Gasteiger partial charge on any atom is 0.226 e. The number of nitrogens with zero attached hydrogens (tertiary/aromatic N) is 6. The van der Waals surface area contributed by atoms with E-state index in [1.165, 1.54) is 22.3 Å². The first kappa shape index (κ1) is 33.8. The standard InChI is InChI=1S/C40H44N6O4S/c1-49-31-9-5-8-28(16-31)35-24-50-25-36-29(20-43-37(35)36)17-40(48)11-14-46(15-12-40)39(47)33-10-13-45(23-34(33)27-6-3-2-4-7-27)22-32-21-44-38(51-32)30-18-41-26-42-19-30/h2-9,16,18-21,26,29,33-35,48H,10-15,17,22-25H2,1H3/t29?,33-,34+,35?/m1/s1. The van der Waals surface area contributed by atoms with Crippen LogP contribution in [-0.4, -0.2) is 94.1 Å². The van der Waals surface area contributed by atoms with Crippen molar-refractivity contribution in [3.8, 4) is 16.3 Å². The second-order valence-corrected chi connectivity index (χ2v) is 15.4. The van der Waals surface area contributed by atoms with Gasteiger partial charge in [0.2, 0.25) is 5.91 Å². The number of piperidine rings is 2. The van der Waals surface area contributed by atoms with E-state index < -0.39 is 5.60 Å².